The van der Waals surface area contributed by atoms with Crippen LogP contribution in [0, 0.1) is 0 Å². The SMILES string of the molecule is CC(=O)Nc1ccc(Nc2ccnc(-c3ccccc3)n2)cc1. The van der Waals surface area contributed by atoms with E-state index in [9.17, 15) is 4.79 Å². The Morgan fingerprint density at radius 1 is 0.913 bits per heavy atom. The monoisotopic (exact) mass is 304 g/mol. The van der Waals surface area contributed by atoms with Gasteiger partial charge in [0.1, 0.15) is 5.82 Å². The molecule has 3 rings (SSSR count). The molecule has 0 fully saturated rings. The third-order valence-electron chi connectivity index (χ3n) is 3.17. The van der Waals surface area contributed by atoms with Crippen LogP contribution in [0.1, 0.15) is 6.92 Å². The second-order valence-corrected chi connectivity index (χ2v) is 5.02. The number of hydrogen-bond donors (Lipinski definition) is 2. The summed E-state index contributed by atoms with van der Waals surface area (Å²) in [6.07, 6.45) is 1.73. The van der Waals surface area contributed by atoms with E-state index in [0.29, 0.717) is 11.6 Å². The number of carbonyl (C=O) groups is 1. The number of nitrogens with one attached hydrogen (secondary N) is 2. The normalized spacial score (nSPS) is 10.1. The third kappa shape index (κ3) is 3.91. The summed E-state index contributed by atoms with van der Waals surface area (Å²) in [5, 5.41) is 5.96. The first-order valence-electron chi connectivity index (χ1n) is 7.24. The Hall–Kier alpha value is -3.21. The van der Waals surface area contributed by atoms with Gasteiger partial charge in [-0.05, 0) is 30.3 Å². The second kappa shape index (κ2) is 6.70. The highest BCUT2D eigenvalue weighted by atomic mass is 16.1. The van der Waals surface area contributed by atoms with Gasteiger partial charge in [-0.25, -0.2) is 9.97 Å². The van der Waals surface area contributed by atoms with Gasteiger partial charge in [-0.1, -0.05) is 30.3 Å². The fourth-order valence-electron chi connectivity index (χ4n) is 2.14. The molecule has 0 aliphatic rings. The van der Waals surface area contributed by atoms with Gasteiger partial charge in [0.15, 0.2) is 5.82 Å². The van der Waals surface area contributed by atoms with Gasteiger partial charge >= 0.3 is 0 Å². The number of amides is 1. The van der Waals surface area contributed by atoms with Crippen molar-refractivity contribution in [3.8, 4) is 11.4 Å². The Kier molecular flexibility index (Phi) is 4.29. The largest absolute Gasteiger partial charge is 0.340 e. The van der Waals surface area contributed by atoms with Crippen LogP contribution in [0.15, 0.2) is 66.9 Å². The third-order valence-corrected chi connectivity index (χ3v) is 3.17. The van der Waals surface area contributed by atoms with Crippen LogP contribution in [0.2, 0.25) is 0 Å². The standard InChI is InChI=1S/C18H16N4O/c1-13(23)20-15-7-9-16(10-8-15)21-17-11-12-19-18(22-17)14-5-3-2-4-6-14/h2-12H,1H3,(H,20,23)(H,19,21,22). The van der Waals surface area contributed by atoms with Crippen LogP contribution in [0.4, 0.5) is 17.2 Å². The molecule has 0 atom stereocenters. The summed E-state index contributed by atoms with van der Waals surface area (Å²) < 4.78 is 0. The second-order valence-electron chi connectivity index (χ2n) is 5.02. The molecule has 2 aromatic carbocycles. The lowest BCUT2D eigenvalue weighted by molar-refractivity contribution is -0.114. The molecular weight excluding hydrogens is 288 g/mol. The molecule has 23 heavy (non-hydrogen) atoms. The van der Waals surface area contributed by atoms with E-state index in [1.54, 1.807) is 6.20 Å². The number of aromatic nitrogens is 2. The van der Waals surface area contributed by atoms with E-state index in [4.69, 9.17) is 0 Å². The molecule has 114 valence electrons. The predicted octanol–water partition coefficient (Wildman–Crippen LogP) is 3.85. The van der Waals surface area contributed by atoms with Gasteiger partial charge in [-0.3, -0.25) is 4.79 Å². The Balaban J connectivity index is 1.77. The highest BCUT2D eigenvalue weighted by Gasteiger charge is 2.03. The Bertz CT molecular complexity index is 801. The van der Waals surface area contributed by atoms with Gasteiger partial charge in [0.25, 0.3) is 0 Å². The summed E-state index contributed by atoms with van der Waals surface area (Å²) in [7, 11) is 0. The first kappa shape index (κ1) is 14.7. The summed E-state index contributed by atoms with van der Waals surface area (Å²) in [6.45, 7) is 1.48. The molecule has 0 aliphatic carbocycles. The van der Waals surface area contributed by atoms with Crippen molar-refractivity contribution in [2.75, 3.05) is 10.6 Å². The average Bonchev–Trinajstić information content (AvgIpc) is 2.57. The molecular formula is C18H16N4O. The lowest BCUT2D eigenvalue weighted by Gasteiger charge is -2.08. The van der Waals surface area contributed by atoms with Crippen LogP contribution in [0.5, 0.6) is 0 Å². The number of hydrogen-bond acceptors (Lipinski definition) is 4. The molecule has 0 aliphatic heterocycles. The van der Waals surface area contributed by atoms with Crippen molar-refractivity contribution in [2.45, 2.75) is 6.92 Å². The number of benzene rings is 2. The van der Waals surface area contributed by atoms with Crippen molar-refractivity contribution in [1.82, 2.24) is 9.97 Å². The van der Waals surface area contributed by atoms with Crippen molar-refractivity contribution in [3.63, 3.8) is 0 Å². The molecule has 1 amide bonds. The van der Waals surface area contributed by atoms with E-state index < -0.39 is 0 Å². The maximum Gasteiger partial charge on any atom is 0.221 e. The number of carbonyl (C=O) groups excluding carboxylic acids is 1. The lowest BCUT2D eigenvalue weighted by atomic mass is 10.2. The van der Waals surface area contributed by atoms with Crippen molar-refractivity contribution < 1.29 is 4.79 Å². The van der Waals surface area contributed by atoms with E-state index >= 15 is 0 Å². The zero-order valence-electron chi connectivity index (χ0n) is 12.7. The Labute approximate surface area is 134 Å². The summed E-state index contributed by atoms with van der Waals surface area (Å²) in [5.74, 6) is 1.30. The minimum Gasteiger partial charge on any atom is -0.340 e. The van der Waals surface area contributed by atoms with E-state index in [-0.39, 0.29) is 5.91 Å². The van der Waals surface area contributed by atoms with Gasteiger partial charge in [0.2, 0.25) is 5.91 Å². The van der Waals surface area contributed by atoms with Crippen molar-refractivity contribution in [3.05, 3.63) is 66.9 Å². The fraction of sp³-hybridized carbons (Fsp3) is 0.0556. The number of rotatable bonds is 4. The van der Waals surface area contributed by atoms with Gasteiger partial charge in [-0.2, -0.15) is 0 Å². The predicted molar refractivity (Wildman–Crippen MR) is 91.5 cm³/mol. The van der Waals surface area contributed by atoms with Crippen LogP contribution in [-0.2, 0) is 4.79 Å². The van der Waals surface area contributed by atoms with Gasteiger partial charge in [-0.15, -0.1) is 0 Å². The first-order chi connectivity index (χ1) is 11.2. The summed E-state index contributed by atoms with van der Waals surface area (Å²) in [5.41, 5.74) is 2.62. The van der Waals surface area contributed by atoms with Crippen LogP contribution < -0.4 is 10.6 Å². The fourth-order valence-corrected chi connectivity index (χ4v) is 2.14. The van der Waals surface area contributed by atoms with E-state index in [0.717, 1.165) is 16.9 Å². The zero-order chi connectivity index (χ0) is 16.1. The van der Waals surface area contributed by atoms with Gasteiger partial charge in [0.05, 0.1) is 0 Å². The summed E-state index contributed by atoms with van der Waals surface area (Å²) in [6, 6.07) is 19.1. The van der Waals surface area contributed by atoms with Crippen LogP contribution in [0.25, 0.3) is 11.4 Å². The highest BCUT2D eigenvalue weighted by molar-refractivity contribution is 5.88. The Morgan fingerprint density at radius 2 is 1.61 bits per heavy atom. The maximum absolute atomic E-state index is 11.0. The van der Waals surface area contributed by atoms with Crippen LogP contribution >= 0.6 is 0 Å². The van der Waals surface area contributed by atoms with Gasteiger partial charge in [0, 0.05) is 30.1 Å². The first-order valence-corrected chi connectivity index (χ1v) is 7.24. The maximum atomic E-state index is 11.0. The lowest BCUT2D eigenvalue weighted by Crippen LogP contribution is -2.05. The molecule has 0 radical (unpaired) electrons. The number of nitrogens with zero attached hydrogens (tertiary/aromatic N) is 2. The van der Waals surface area contributed by atoms with Crippen molar-refractivity contribution in [1.29, 1.82) is 0 Å². The molecule has 3 aromatic rings. The summed E-state index contributed by atoms with van der Waals surface area (Å²) in [4.78, 5) is 19.8. The Morgan fingerprint density at radius 3 is 2.30 bits per heavy atom. The minimum absolute atomic E-state index is 0.0889. The topological polar surface area (TPSA) is 66.9 Å². The van der Waals surface area contributed by atoms with Crippen LogP contribution in [0.3, 0.4) is 0 Å². The van der Waals surface area contributed by atoms with Crippen molar-refractivity contribution >= 4 is 23.1 Å². The van der Waals surface area contributed by atoms with E-state index in [2.05, 4.69) is 20.6 Å². The van der Waals surface area contributed by atoms with Crippen LogP contribution in [-0.4, -0.2) is 15.9 Å². The molecule has 0 spiro atoms. The average molecular weight is 304 g/mol. The quantitative estimate of drug-likeness (QED) is 0.768. The zero-order valence-corrected chi connectivity index (χ0v) is 12.7. The number of anilines is 3. The summed E-state index contributed by atoms with van der Waals surface area (Å²) >= 11 is 0. The molecule has 0 saturated carbocycles. The molecule has 0 bridgehead atoms. The molecule has 5 nitrogen and oxygen atoms in total. The molecule has 0 unspecified atom stereocenters. The molecule has 0 saturated heterocycles. The van der Waals surface area contributed by atoms with Gasteiger partial charge < -0.3 is 10.6 Å². The molecule has 2 N–H and O–H groups in total. The molecule has 1 aromatic heterocycles. The van der Waals surface area contributed by atoms with E-state index in [1.807, 2.05) is 60.7 Å². The highest BCUT2D eigenvalue weighted by Crippen LogP contribution is 2.20. The smallest absolute Gasteiger partial charge is 0.221 e. The van der Waals surface area contributed by atoms with Crippen molar-refractivity contribution in [2.24, 2.45) is 0 Å². The molecule has 5 heteroatoms. The minimum atomic E-state index is -0.0889. The molecule has 1 heterocycles. The van der Waals surface area contributed by atoms with E-state index in [1.165, 1.54) is 6.92 Å².